The second kappa shape index (κ2) is 8.41. The van der Waals surface area contributed by atoms with Crippen LogP contribution in [0.1, 0.15) is 15.5 Å². The predicted octanol–water partition coefficient (Wildman–Crippen LogP) is 1.00. The Bertz CT molecular complexity index is 346. The molecule has 0 bridgehead atoms. The topological polar surface area (TPSA) is 54.5 Å². The fourth-order valence-electron chi connectivity index (χ4n) is 1.18. The quantitative estimate of drug-likeness (QED) is 0.844. The van der Waals surface area contributed by atoms with Gasteiger partial charge in [0.2, 0.25) is 0 Å². The molecule has 0 saturated heterocycles. The fraction of sp³-hybridized carbons (Fsp3) is 0.600. The summed E-state index contributed by atoms with van der Waals surface area (Å²) in [6, 6.07) is 0. The monoisotopic (exact) mass is 279 g/mol. The maximum absolute atomic E-state index is 11.9. The van der Waals surface area contributed by atoms with Crippen LogP contribution in [0.2, 0.25) is 0 Å². The van der Waals surface area contributed by atoms with Crippen LogP contribution >= 0.6 is 23.7 Å². The average Bonchev–Trinajstić information content (AvgIpc) is 2.74. The number of halogens is 1. The molecule has 0 atom stereocenters. The molecule has 0 radical (unpaired) electrons. The highest BCUT2D eigenvalue weighted by atomic mass is 35.5. The van der Waals surface area contributed by atoms with Crippen molar-refractivity contribution in [1.29, 1.82) is 0 Å². The molecule has 1 N–H and O–H groups in total. The minimum atomic E-state index is -0.0474. The Kier molecular flexibility index (Phi) is 8.07. The Labute approximate surface area is 112 Å². The third-order valence-electron chi connectivity index (χ3n) is 2.08. The van der Waals surface area contributed by atoms with E-state index in [1.54, 1.807) is 24.4 Å². The standard InChI is InChI=1S/C10H17N3O2S.ClH/c1-11-4-5-13(2)10(14)8-7-16-9(12-8)6-15-3;/h7,11H,4-6H2,1-3H3;1H. The molecule has 1 heterocycles. The summed E-state index contributed by atoms with van der Waals surface area (Å²) >= 11 is 1.44. The lowest BCUT2D eigenvalue weighted by Crippen LogP contribution is -2.32. The van der Waals surface area contributed by atoms with Gasteiger partial charge in [0.05, 0.1) is 6.61 Å². The van der Waals surface area contributed by atoms with Gasteiger partial charge >= 0.3 is 0 Å². The molecule has 0 aliphatic carbocycles. The number of thiazole rings is 1. The Morgan fingerprint density at radius 2 is 2.35 bits per heavy atom. The van der Waals surface area contributed by atoms with Crippen molar-refractivity contribution in [3.05, 3.63) is 16.1 Å². The van der Waals surface area contributed by atoms with Gasteiger partial charge in [-0.1, -0.05) is 0 Å². The molecule has 0 spiro atoms. The van der Waals surface area contributed by atoms with Crippen LogP contribution < -0.4 is 5.32 Å². The number of hydrogen-bond acceptors (Lipinski definition) is 5. The van der Waals surface area contributed by atoms with Crippen molar-refractivity contribution in [3.63, 3.8) is 0 Å². The SMILES string of the molecule is CNCCN(C)C(=O)c1csc(COC)n1.Cl. The van der Waals surface area contributed by atoms with Crippen molar-refractivity contribution in [3.8, 4) is 0 Å². The Balaban J connectivity index is 0.00000256. The van der Waals surface area contributed by atoms with Gasteiger partial charge in [-0.15, -0.1) is 23.7 Å². The van der Waals surface area contributed by atoms with Gasteiger partial charge in [0.1, 0.15) is 10.7 Å². The normalized spacial score (nSPS) is 9.82. The largest absolute Gasteiger partial charge is 0.378 e. The summed E-state index contributed by atoms with van der Waals surface area (Å²) in [7, 11) is 5.24. The molecule has 5 nitrogen and oxygen atoms in total. The van der Waals surface area contributed by atoms with E-state index < -0.39 is 0 Å². The number of aromatic nitrogens is 1. The molecule has 0 aromatic carbocycles. The molecule has 17 heavy (non-hydrogen) atoms. The Morgan fingerprint density at radius 1 is 1.65 bits per heavy atom. The van der Waals surface area contributed by atoms with Crippen LogP contribution in [-0.4, -0.2) is 50.1 Å². The van der Waals surface area contributed by atoms with Gasteiger partial charge in [0.25, 0.3) is 5.91 Å². The van der Waals surface area contributed by atoms with E-state index in [9.17, 15) is 4.79 Å². The van der Waals surface area contributed by atoms with Crippen LogP contribution in [0, 0.1) is 0 Å². The first-order valence-electron chi connectivity index (χ1n) is 5.02. The highest BCUT2D eigenvalue weighted by Gasteiger charge is 2.14. The zero-order valence-corrected chi connectivity index (χ0v) is 11.9. The number of carbonyl (C=O) groups is 1. The van der Waals surface area contributed by atoms with Crippen LogP contribution in [0.25, 0.3) is 0 Å². The summed E-state index contributed by atoms with van der Waals surface area (Å²) in [6.07, 6.45) is 0. The summed E-state index contributed by atoms with van der Waals surface area (Å²) in [6.45, 7) is 1.90. The number of rotatable bonds is 6. The fourth-order valence-corrected chi connectivity index (χ4v) is 1.91. The zero-order chi connectivity index (χ0) is 12.0. The van der Waals surface area contributed by atoms with Crippen molar-refractivity contribution in [2.24, 2.45) is 0 Å². The number of methoxy groups -OCH3 is 1. The molecule has 0 saturated carbocycles. The van der Waals surface area contributed by atoms with Crippen LogP contribution in [0.4, 0.5) is 0 Å². The van der Waals surface area contributed by atoms with E-state index in [-0.39, 0.29) is 18.3 Å². The third-order valence-corrected chi connectivity index (χ3v) is 2.90. The van der Waals surface area contributed by atoms with Crippen molar-refractivity contribution in [2.75, 3.05) is 34.3 Å². The molecule has 0 aliphatic rings. The minimum Gasteiger partial charge on any atom is -0.378 e. The van der Waals surface area contributed by atoms with Crippen LogP contribution in [-0.2, 0) is 11.3 Å². The first-order valence-corrected chi connectivity index (χ1v) is 5.90. The van der Waals surface area contributed by atoms with Crippen molar-refractivity contribution in [2.45, 2.75) is 6.61 Å². The van der Waals surface area contributed by atoms with E-state index in [2.05, 4.69) is 10.3 Å². The number of likely N-dealkylation sites (N-methyl/N-ethyl adjacent to an activating group) is 2. The van der Waals surface area contributed by atoms with Crippen molar-refractivity contribution in [1.82, 2.24) is 15.2 Å². The van der Waals surface area contributed by atoms with Crippen molar-refractivity contribution < 1.29 is 9.53 Å². The van der Waals surface area contributed by atoms with Gasteiger partial charge in [0.15, 0.2) is 0 Å². The molecule has 0 aliphatic heterocycles. The van der Waals surface area contributed by atoms with Crippen LogP contribution in [0.15, 0.2) is 5.38 Å². The molecule has 1 aromatic rings. The number of ether oxygens (including phenoxy) is 1. The number of hydrogen-bond donors (Lipinski definition) is 1. The van der Waals surface area contributed by atoms with E-state index >= 15 is 0 Å². The van der Waals surface area contributed by atoms with E-state index in [0.29, 0.717) is 18.8 Å². The number of nitrogens with zero attached hydrogens (tertiary/aromatic N) is 2. The zero-order valence-electron chi connectivity index (χ0n) is 10.2. The average molecular weight is 280 g/mol. The van der Waals surface area contributed by atoms with E-state index in [1.165, 1.54) is 11.3 Å². The van der Waals surface area contributed by atoms with Gasteiger partial charge in [-0.25, -0.2) is 4.98 Å². The molecule has 98 valence electrons. The van der Waals surface area contributed by atoms with Gasteiger partial charge < -0.3 is 15.0 Å². The number of carbonyl (C=O) groups excluding carboxylic acids is 1. The van der Waals surface area contributed by atoms with Crippen LogP contribution in [0.3, 0.4) is 0 Å². The summed E-state index contributed by atoms with van der Waals surface area (Å²) in [5.41, 5.74) is 0.496. The Morgan fingerprint density at radius 3 is 2.94 bits per heavy atom. The molecule has 1 aromatic heterocycles. The minimum absolute atomic E-state index is 0. The van der Waals surface area contributed by atoms with Gasteiger partial charge in [0, 0.05) is 32.6 Å². The second-order valence-electron chi connectivity index (χ2n) is 3.39. The highest BCUT2D eigenvalue weighted by molar-refractivity contribution is 7.09. The highest BCUT2D eigenvalue weighted by Crippen LogP contribution is 2.12. The number of amides is 1. The lowest BCUT2D eigenvalue weighted by atomic mass is 10.4. The van der Waals surface area contributed by atoms with Crippen LogP contribution in [0.5, 0.6) is 0 Å². The number of nitrogens with one attached hydrogen (secondary N) is 1. The predicted molar refractivity (Wildman–Crippen MR) is 71.0 cm³/mol. The summed E-state index contributed by atoms with van der Waals surface area (Å²) in [4.78, 5) is 17.7. The summed E-state index contributed by atoms with van der Waals surface area (Å²) in [5, 5.41) is 5.60. The molecule has 7 heteroatoms. The first kappa shape index (κ1) is 16.3. The van der Waals surface area contributed by atoms with Gasteiger partial charge in [-0.2, -0.15) is 0 Å². The maximum atomic E-state index is 11.9. The van der Waals surface area contributed by atoms with E-state index in [0.717, 1.165) is 11.6 Å². The maximum Gasteiger partial charge on any atom is 0.273 e. The Hall–Kier alpha value is -0.690. The lowest BCUT2D eigenvalue weighted by Gasteiger charge is -2.15. The molecule has 1 rings (SSSR count). The van der Waals surface area contributed by atoms with Gasteiger partial charge in [-0.05, 0) is 7.05 Å². The molecule has 1 amide bonds. The molecule has 0 fully saturated rings. The van der Waals surface area contributed by atoms with E-state index in [1.807, 2.05) is 7.05 Å². The summed E-state index contributed by atoms with van der Waals surface area (Å²) < 4.78 is 4.96. The van der Waals surface area contributed by atoms with Gasteiger partial charge in [-0.3, -0.25) is 4.79 Å². The first-order chi connectivity index (χ1) is 7.69. The molecular formula is C10H18ClN3O2S. The van der Waals surface area contributed by atoms with Crippen molar-refractivity contribution >= 4 is 29.7 Å². The van der Waals surface area contributed by atoms with E-state index in [4.69, 9.17) is 4.74 Å². The molecular weight excluding hydrogens is 262 g/mol. The summed E-state index contributed by atoms with van der Waals surface area (Å²) in [5.74, 6) is -0.0474. The third kappa shape index (κ3) is 4.99. The second-order valence-corrected chi connectivity index (χ2v) is 4.33. The lowest BCUT2D eigenvalue weighted by molar-refractivity contribution is 0.0791. The molecule has 0 unspecified atom stereocenters. The smallest absolute Gasteiger partial charge is 0.273 e.